The maximum absolute atomic E-state index is 5.65. The predicted octanol–water partition coefficient (Wildman–Crippen LogP) is 3.17. The van der Waals surface area contributed by atoms with Crippen molar-refractivity contribution in [1.82, 2.24) is 0 Å². The minimum Gasteiger partial charge on any atom is -0.379 e. The molecule has 0 bridgehead atoms. The SMILES string of the molecule is C=CCOCCOCCOCCOCCOCCOCCOCCOCCOCCOCCOCCOCCCCCCCl. The van der Waals surface area contributed by atoms with E-state index in [0.29, 0.717) is 152 Å². The monoisotopic (exact) mass is 660 g/mol. The van der Waals surface area contributed by atoms with Crippen LogP contribution in [-0.2, 0) is 56.8 Å². The van der Waals surface area contributed by atoms with Crippen LogP contribution >= 0.6 is 11.6 Å². The summed E-state index contributed by atoms with van der Waals surface area (Å²) in [6, 6.07) is 0. The highest BCUT2D eigenvalue weighted by molar-refractivity contribution is 6.17. The molecule has 0 amide bonds. The molecule has 13 heteroatoms. The third kappa shape index (κ3) is 41.5. The summed E-state index contributed by atoms with van der Waals surface area (Å²) in [6.45, 7) is 16.7. The van der Waals surface area contributed by atoms with E-state index in [1.807, 2.05) is 0 Å². The first kappa shape index (κ1) is 43.5. The number of hydrogen-bond donors (Lipinski definition) is 0. The number of alkyl halides is 1. The van der Waals surface area contributed by atoms with Crippen LogP contribution in [0.3, 0.4) is 0 Å². The molecule has 0 saturated heterocycles. The van der Waals surface area contributed by atoms with Gasteiger partial charge in [-0.2, -0.15) is 0 Å². The first-order valence-electron chi connectivity index (χ1n) is 16.0. The maximum atomic E-state index is 5.65. The molecule has 0 aromatic carbocycles. The highest BCUT2D eigenvalue weighted by Crippen LogP contribution is 2.01. The molecule has 0 aromatic heterocycles. The Morgan fingerprint density at radius 2 is 0.523 bits per heavy atom. The largest absolute Gasteiger partial charge is 0.379 e. The van der Waals surface area contributed by atoms with Crippen LogP contribution in [0.2, 0.25) is 0 Å². The van der Waals surface area contributed by atoms with Gasteiger partial charge in [-0.15, -0.1) is 18.2 Å². The molecule has 0 rings (SSSR count). The Kier molecular flexibility index (Phi) is 42.1. The van der Waals surface area contributed by atoms with E-state index in [-0.39, 0.29) is 0 Å². The molecule has 0 aromatic rings. The van der Waals surface area contributed by atoms with Gasteiger partial charge in [-0.1, -0.05) is 18.9 Å². The highest BCUT2D eigenvalue weighted by Gasteiger charge is 1.97. The average molecular weight is 661 g/mol. The number of hydrogen-bond acceptors (Lipinski definition) is 12. The van der Waals surface area contributed by atoms with Gasteiger partial charge in [0.15, 0.2) is 0 Å². The van der Waals surface area contributed by atoms with Gasteiger partial charge >= 0.3 is 0 Å². The summed E-state index contributed by atoms with van der Waals surface area (Å²) in [5, 5.41) is 0. The molecular formula is C31H61ClO12. The van der Waals surface area contributed by atoms with Crippen molar-refractivity contribution in [1.29, 1.82) is 0 Å². The summed E-state index contributed by atoms with van der Waals surface area (Å²) >= 11 is 5.65. The Morgan fingerprint density at radius 3 is 0.773 bits per heavy atom. The van der Waals surface area contributed by atoms with Gasteiger partial charge in [-0.3, -0.25) is 0 Å². The third-order valence-electron chi connectivity index (χ3n) is 5.50. The zero-order valence-electron chi connectivity index (χ0n) is 27.1. The zero-order valence-corrected chi connectivity index (χ0v) is 27.8. The number of rotatable bonds is 41. The van der Waals surface area contributed by atoms with Gasteiger partial charge in [0.05, 0.1) is 152 Å². The van der Waals surface area contributed by atoms with E-state index in [1.54, 1.807) is 6.08 Å². The quantitative estimate of drug-likeness (QED) is 0.0546. The Balaban J connectivity index is 3.03. The van der Waals surface area contributed by atoms with Crippen molar-refractivity contribution in [2.75, 3.05) is 164 Å². The molecule has 44 heavy (non-hydrogen) atoms. The minimum absolute atomic E-state index is 0.514. The lowest BCUT2D eigenvalue weighted by molar-refractivity contribution is -0.0282. The minimum atomic E-state index is 0.514. The molecule has 0 N–H and O–H groups in total. The Hall–Kier alpha value is -0.450. The molecule has 0 radical (unpaired) electrons. The summed E-state index contributed by atoms with van der Waals surface area (Å²) in [5.41, 5.74) is 0. The number of unbranched alkanes of at least 4 members (excludes halogenated alkanes) is 3. The molecule has 0 atom stereocenters. The van der Waals surface area contributed by atoms with E-state index in [2.05, 4.69) is 6.58 Å². The van der Waals surface area contributed by atoms with Crippen molar-refractivity contribution in [3.05, 3.63) is 12.7 Å². The lowest BCUT2D eigenvalue weighted by Gasteiger charge is -2.09. The molecule has 264 valence electrons. The summed E-state index contributed by atoms with van der Waals surface area (Å²) in [5.74, 6) is 0.744. The average Bonchev–Trinajstić information content (AvgIpc) is 3.04. The fourth-order valence-corrected chi connectivity index (χ4v) is 3.43. The van der Waals surface area contributed by atoms with Crippen LogP contribution in [0.4, 0.5) is 0 Å². The molecule has 0 spiro atoms. The Labute approximate surface area is 271 Å². The maximum Gasteiger partial charge on any atom is 0.0704 e. The van der Waals surface area contributed by atoms with Gasteiger partial charge in [-0.05, 0) is 12.8 Å². The lowest BCUT2D eigenvalue weighted by atomic mass is 10.2. The van der Waals surface area contributed by atoms with Gasteiger partial charge in [0, 0.05) is 12.5 Å². The van der Waals surface area contributed by atoms with Crippen LogP contribution in [0, 0.1) is 0 Å². The molecule has 0 aliphatic heterocycles. The molecule has 0 saturated carbocycles. The van der Waals surface area contributed by atoms with E-state index < -0.39 is 0 Å². The zero-order chi connectivity index (χ0) is 31.7. The lowest BCUT2D eigenvalue weighted by Crippen LogP contribution is -2.15. The van der Waals surface area contributed by atoms with Gasteiger partial charge in [-0.25, -0.2) is 0 Å². The predicted molar refractivity (Wildman–Crippen MR) is 169 cm³/mol. The fourth-order valence-electron chi connectivity index (χ4n) is 3.24. The van der Waals surface area contributed by atoms with E-state index in [1.165, 1.54) is 12.8 Å². The van der Waals surface area contributed by atoms with Crippen molar-refractivity contribution >= 4 is 11.6 Å². The Bertz CT molecular complexity index is 522. The van der Waals surface area contributed by atoms with Crippen molar-refractivity contribution in [2.45, 2.75) is 25.7 Å². The van der Waals surface area contributed by atoms with Crippen LogP contribution in [0.1, 0.15) is 25.7 Å². The van der Waals surface area contributed by atoms with Crippen molar-refractivity contribution in [2.24, 2.45) is 0 Å². The molecule has 0 fully saturated rings. The van der Waals surface area contributed by atoms with E-state index in [9.17, 15) is 0 Å². The standard InChI is InChI=1S/C31H61ClO12/c1-2-8-33-10-12-35-14-16-37-18-20-39-22-24-41-26-28-43-30-31-44-29-27-42-25-23-40-21-19-38-17-15-36-13-11-34-9-6-4-3-5-7-32/h2H,1,3-31H2. The Morgan fingerprint density at radius 1 is 0.295 bits per heavy atom. The van der Waals surface area contributed by atoms with Gasteiger partial charge in [0.1, 0.15) is 0 Å². The third-order valence-corrected chi connectivity index (χ3v) is 5.77. The van der Waals surface area contributed by atoms with Crippen molar-refractivity contribution in [3.63, 3.8) is 0 Å². The summed E-state index contributed by atoms with van der Waals surface area (Å²) < 4.78 is 65.3. The smallest absolute Gasteiger partial charge is 0.0704 e. The van der Waals surface area contributed by atoms with Crippen molar-refractivity contribution < 1.29 is 56.8 Å². The van der Waals surface area contributed by atoms with E-state index in [4.69, 9.17) is 68.4 Å². The van der Waals surface area contributed by atoms with Crippen LogP contribution in [0.5, 0.6) is 0 Å². The van der Waals surface area contributed by atoms with Crippen molar-refractivity contribution in [3.8, 4) is 0 Å². The van der Waals surface area contributed by atoms with E-state index >= 15 is 0 Å². The molecule has 0 heterocycles. The summed E-state index contributed by atoms with van der Waals surface area (Å²) in [7, 11) is 0. The summed E-state index contributed by atoms with van der Waals surface area (Å²) in [6.07, 6.45) is 6.21. The van der Waals surface area contributed by atoms with Crippen LogP contribution < -0.4 is 0 Å². The van der Waals surface area contributed by atoms with E-state index in [0.717, 1.165) is 25.3 Å². The topological polar surface area (TPSA) is 111 Å². The number of ether oxygens (including phenoxy) is 12. The highest BCUT2D eigenvalue weighted by atomic mass is 35.5. The molecule has 12 nitrogen and oxygen atoms in total. The molecule has 0 aliphatic carbocycles. The first-order valence-corrected chi connectivity index (χ1v) is 16.5. The first-order chi connectivity index (χ1) is 21.9. The summed E-state index contributed by atoms with van der Waals surface area (Å²) in [4.78, 5) is 0. The van der Waals surface area contributed by atoms with Gasteiger partial charge in [0.25, 0.3) is 0 Å². The second-order valence-electron chi connectivity index (χ2n) is 9.20. The van der Waals surface area contributed by atoms with Crippen LogP contribution in [-0.4, -0.2) is 164 Å². The second kappa shape index (κ2) is 42.6. The fraction of sp³-hybridized carbons (Fsp3) is 0.935. The van der Waals surface area contributed by atoms with Crippen LogP contribution in [0.25, 0.3) is 0 Å². The van der Waals surface area contributed by atoms with Crippen LogP contribution in [0.15, 0.2) is 12.7 Å². The molecular weight excluding hydrogens is 600 g/mol. The van der Waals surface area contributed by atoms with Gasteiger partial charge in [0.2, 0.25) is 0 Å². The van der Waals surface area contributed by atoms with Gasteiger partial charge < -0.3 is 56.8 Å². The number of halogens is 1. The molecule has 0 aliphatic rings. The normalized spacial score (nSPS) is 11.5. The molecule has 0 unspecified atom stereocenters. The second-order valence-corrected chi connectivity index (χ2v) is 9.58.